The first-order chi connectivity index (χ1) is 9.65. The highest BCUT2D eigenvalue weighted by Crippen LogP contribution is 2.33. The maximum Gasteiger partial charge on any atom is 0.230 e. The Labute approximate surface area is 117 Å². The summed E-state index contributed by atoms with van der Waals surface area (Å²) in [4.78, 5) is 12.2. The summed E-state index contributed by atoms with van der Waals surface area (Å²) in [5.41, 5.74) is 0.817. The van der Waals surface area contributed by atoms with Crippen LogP contribution in [0.25, 0.3) is 0 Å². The standard InChI is InChI=1S/C15H19FN2O2/c16-11-4-2-5-12(17-9-7-8-9)14(11)18-15(20)10-3-1-6-13(10)19/h2,4-5,9-10,13,17,19H,1,3,6-8H2,(H,18,20). The molecule has 3 rings (SSSR count). The van der Waals surface area contributed by atoms with Crippen molar-refractivity contribution in [3.63, 3.8) is 0 Å². The highest BCUT2D eigenvalue weighted by Gasteiger charge is 2.32. The molecule has 20 heavy (non-hydrogen) atoms. The van der Waals surface area contributed by atoms with Gasteiger partial charge in [0.05, 0.1) is 17.7 Å². The lowest BCUT2D eigenvalue weighted by atomic mass is 10.0. The van der Waals surface area contributed by atoms with Gasteiger partial charge in [-0.3, -0.25) is 4.79 Å². The number of rotatable bonds is 4. The van der Waals surface area contributed by atoms with Crippen molar-refractivity contribution in [1.82, 2.24) is 0 Å². The van der Waals surface area contributed by atoms with E-state index < -0.39 is 17.8 Å². The fourth-order valence-electron chi connectivity index (χ4n) is 2.68. The summed E-state index contributed by atoms with van der Waals surface area (Å²) in [5, 5.41) is 15.6. The van der Waals surface area contributed by atoms with Crippen molar-refractivity contribution in [2.75, 3.05) is 10.6 Å². The number of para-hydroxylation sites is 1. The molecule has 3 N–H and O–H groups in total. The first-order valence-electron chi connectivity index (χ1n) is 7.19. The fourth-order valence-corrected chi connectivity index (χ4v) is 2.68. The predicted octanol–water partition coefficient (Wildman–Crippen LogP) is 2.50. The molecule has 0 spiro atoms. The first-order valence-corrected chi connectivity index (χ1v) is 7.19. The van der Waals surface area contributed by atoms with Crippen LogP contribution in [-0.2, 0) is 4.79 Å². The quantitative estimate of drug-likeness (QED) is 0.793. The van der Waals surface area contributed by atoms with E-state index in [-0.39, 0.29) is 11.6 Å². The van der Waals surface area contributed by atoms with Gasteiger partial charge in [-0.05, 0) is 44.2 Å². The zero-order valence-electron chi connectivity index (χ0n) is 11.2. The molecule has 1 aromatic carbocycles. The molecule has 108 valence electrons. The van der Waals surface area contributed by atoms with Gasteiger partial charge in [0.2, 0.25) is 5.91 Å². The van der Waals surface area contributed by atoms with Gasteiger partial charge in [-0.25, -0.2) is 4.39 Å². The normalized spacial score (nSPS) is 25.5. The number of benzene rings is 1. The Bertz CT molecular complexity index is 517. The van der Waals surface area contributed by atoms with Gasteiger partial charge in [0.1, 0.15) is 11.5 Å². The number of carbonyl (C=O) groups excluding carboxylic acids is 1. The van der Waals surface area contributed by atoms with Crippen molar-refractivity contribution >= 4 is 17.3 Å². The number of carbonyl (C=O) groups is 1. The Morgan fingerprint density at radius 2 is 2.05 bits per heavy atom. The van der Waals surface area contributed by atoms with E-state index in [9.17, 15) is 14.3 Å². The second-order valence-electron chi connectivity index (χ2n) is 5.68. The van der Waals surface area contributed by atoms with Crippen molar-refractivity contribution in [2.45, 2.75) is 44.2 Å². The second-order valence-corrected chi connectivity index (χ2v) is 5.68. The summed E-state index contributed by atoms with van der Waals surface area (Å²) < 4.78 is 13.9. The van der Waals surface area contributed by atoms with Crippen LogP contribution in [-0.4, -0.2) is 23.2 Å². The summed E-state index contributed by atoms with van der Waals surface area (Å²) in [6.07, 6.45) is 3.68. The second kappa shape index (κ2) is 5.40. The third kappa shape index (κ3) is 2.77. The first kappa shape index (κ1) is 13.4. The smallest absolute Gasteiger partial charge is 0.230 e. The van der Waals surface area contributed by atoms with Gasteiger partial charge in [0.25, 0.3) is 0 Å². The van der Waals surface area contributed by atoms with Gasteiger partial charge in [-0.2, -0.15) is 0 Å². The van der Waals surface area contributed by atoms with E-state index in [1.165, 1.54) is 6.07 Å². The summed E-state index contributed by atoms with van der Waals surface area (Å²) >= 11 is 0. The molecule has 1 amide bonds. The van der Waals surface area contributed by atoms with E-state index in [0.717, 1.165) is 19.3 Å². The molecule has 0 heterocycles. The average Bonchev–Trinajstić information content (AvgIpc) is 3.13. The van der Waals surface area contributed by atoms with E-state index in [1.807, 2.05) is 0 Å². The van der Waals surface area contributed by atoms with Crippen LogP contribution in [0.3, 0.4) is 0 Å². The minimum absolute atomic E-state index is 0.198. The minimum Gasteiger partial charge on any atom is -0.392 e. The van der Waals surface area contributed by atoms with Crippen LogP contribution in [0.1, 0.15) is 32.1 Å². The zero-order valence-corrected chi connectivity index (χ0v) is 11.2. The Morgan fingerprint density at radius 3 is 2.70 bits per heavy atom. The molecule has 4 nitrogen and oxygen atoms in total. The number of hydrogen-bond donors (Lipinski definition) is 3. The summed E-state index contributed by atoms with van der Waals surface area (Å²) in [5.74, 6) is -1.17. The highest BCUT2D eigenvalue weighted by atomic mass is 19.1. The molecule has 2 aliphatic rings. The predicted molar refractivity (Wildman–Crippen MR) is 75.0 cm³/mol. The average molecular weight is 278 g/mol. The number of anilines is 2. The number of aliphatic hydroxyl groups is 1. The van der Waals surface area contributed by atoms with Crippen molar-refractivity contribution in [3.05, 3.63) is 24.0 Å². The fraction of sp³-hybridized carbons (Fsp3) is 0.533. The van der Waals surface area contributed by atoms with E-state index >= 15 is 0 Å². The lowest BCUT2D eigenvalue weighted by Crippen LogP contribution is -2.29. The van der Waals surface area contributed by atoms with Crippen molar-refractivity contribution in [1.29, 1.82) is 0 Å². The molecule has 5 heteroatoms. The molecular formula is C15H19FN2O2. The number of amides is 1. The minimum atomic E-state index is -0.610. The number of halogens is 1. The summed E-state index contributed by atoms with van der Waals surface area (Å²) in [6.45, 7) is 0. The molecule has 0 radical (unpaired) electrons. The van der Waals surface area contributed by atoms with Gasteiger partial charge in [0.15, 0.2) is 0 Å². The third-order valence-corrected chi connectivity index (χ3v) is 4.02. The Hall–Kier alpha value is -1.62. The maximum absolute atomic E-state index is 13.9. The third-order valence-electron chi connectivity index (χ3n) is 4.02. The summed E-state index contributed by atoms with van der Waals surface area (Å²) in [7, 11) is 0. The van der Waals surface area contributed by atoms with E-state index in [0.29, 0.717) is 24.6 Å². The van der Waals surface area contributed by atoms with E-state index in [4.69, 9.17) is 0 Å². The molecule has 0 saturated heterocycles. The van der Waals surface area contributed by atoms with Crippen molar-refractivity contribution < 1.29 is 14.3 Å². The van der Waals surface area contributed by atoms with Gasteiger partial charge >= 0.3 is 0 Å². The van der Waals surface area contributed by atoms with Gasteiger partial charge in [0, 0.05) is 6.04 Å². The summed E-state index contributed by atoms with van der Waals surface area (Å²) in [6, 6.07) is 5.10. The van der Waals surface area contributed by atoms with Crippen LogP contribution in [0.5, 0.6) is 0 Å². The van der Waals surface area contributed by atoms with E-state index in [2.05, 4.69) is 10.6 Å². The van der Waals surface area contributed by atoms with Crippen LogP contribution < -0.4 is 10.6 Å². The van der Waals surface area contributed by atoms with Crippen molar-refractivity contribution in [3.8, 4) is 0 Å². The Morgan fingerprint density at radius 1 is 1.25 bits per heavy atom. The van der Waals surface area contributed by atoms with Gasteiger partial charge < -0.3 is 15.7 Å². The molecule has 0 bridgehead atoms. The maximum atomic E-state index is 13.9. The number of hydrogen-bond acceptors (Lipinski definition) is 3. The number of aliphatic hydroxyl groups excluding tert-OH is 1. The Kier molecular flexibility index (Phi) is 3.61. The largest absolute Gasteiger partial charge is 0.392 e. The lowest BCUT2D eigenvalue weighted by Gasteiger charge is -2.17. The molecule has 2 unspecified atom stereocenters. The Balaban J connectivity index is 1.76. The molecule has 0 aromatic heterocycles. The molecular weight excluding hydrogens is 259 g/mol. The monoisotopic (exact) mass is 278 g/mol. The van der Waals surface area contributed by atoms with Crippen LogP contribution in [0.15, 0.2) is 18.2 Å². The molecule has 2 saturated carbocycles. The molecule has 2 aliphatic carbocycles. The molecule has 1 aromatic rings. The zero-order chi connectivity index (χ0) is 14.1. The SMILES string of the molecule is O=C(Nc1c(F)cccc1NC1CC1)C1CCCC1O. The topological polar surface area (TPSA) is 61.4 Å². The molecule has 2 fully saturated rings. The highest BCUT2D eigenvalue weighted by molar-refractivity contribution is 5.96. The van der Waals surface area contributed by atoms with Crippen LogP contribution in [0.4, 0.5) is 15.8 Å². The van der Waals surface area contributed by atoms with Gasteiger partial charge in [-0.15, -0.1) is 0 Å². The number of nitrogens with one attached hydrogen (secondary N) is 2. The lowest BCUT2D eigenvalue weighted by molar-refractivity contribution is -0.122. The van der Waals surface area contributed by atoms with Crippen LogP contribution in [0.2, 0.25) is 0 Å². The van der Waals surface area contributed by atoms with Crippen LogP contribution >= 0.6 is 0 Å². The van der Waals surface area contributed by atoms with E-state index in [1.54, 1.807) is 12.1 Å². The van der Waals surface area contributed by atoms with Crippen molar-refractivity contribution in [2.24, 2.45) is 5.92 Å². The van der Waals surface area contributed by atoms with Crippen LogP contribution in [0, 0.1) is 11.7 Å². The molecule has 0 aliphatic heterocycles. The van der Waals surface area contributed by atoms with Gasteiger partial charge in [-0.1, -0.05) is 6.07 Å². The molecule has 2 atom stereocenters.